The third kappa shape index (κ3) is 2.34. The summed E-state index contributed by atoms with van der Waals surface area (Å²) in [5.41, 5.74) is 1.61. The molecule has 0 aromatic carbocycles. The van der Waals surface area contributed by atoms with E-state index in [1.807, 2.05) is 7.05 Å². The molecule has 0 bridgehead atoms. The predicted octanol–water partition coefficient (Wildman–Crippen LogP) is 0.306. The Morgan fingerprint density at radius 1 is 1.47 bits per heavy atom. The van der Waals surface area contributed by atoms with Gasteiger partial charge < -0.3 is 10.6 Å². The zero-order chi connectivity index (χ0) is 13.4. The Bertz CT molecular complexity index is 519. The first-order valence-electron chi connectivity index (χ1n) is 6.77. The van der Waals surface area contributed by atoms with Crippen LogP contribution in [0.4, 0.5) is 0 Å². The highest BCUT2D eigenvalue weighted by Crippen LogP contribution is 2.41. The van der Waals surface area contributed by atoms with E-state index < -0.39 is 6.04 Å². The molecule has 1 aromatic heterocycles. The predicted molar refractivity (Wildman–Crippen MR) is 68.7 cm³/mol. The minimum atomic E-state index is -0.409. The van der Waals surface area contributed by atoms with Gasteiger partial charge in [-0.3, -0.25) is 14.3 Å². The van der Waals surface area contributed by atoms with Gasteiger partial charge in [0, 0.05) is 19.5 Å². The van der Waals surface area contributed by atoms with Crippen LogP contribution in [0.15, 0.2) is 6.20 Å². The highest BCUT2D eigenvalue weighted by Gasteiger charge is 2.33. The minimum absolute atomic E-state index is 0.0866. The molecule has 0 spiro atoms. The summed E-state index contributed by atoms with van der Waals surface area (Å²) in [6, 6.07) is -0.409. The van der Waals surface area contributed by atoms with Crippen LogP contribution in [-0.4, -0.2) is 34.2 Å². The first kappa shape index (κ1) is 12.2. The van der Waals surface area contributed by atoms with Gasteiger partial charge in [-0.2, -0.15) is 5.10 Å². The molecule has 2 heterocycles. The number of hydrogen-bond acceptors (Lipinski definition) is 3. The fourth-order valence-corrected chi connectivity index (χ4v) is 2.61. The molecule has 2 fully saturated rings. The molecule has 1 unspecified atom stereocenters. The molecule has 6 heteroatoms. The molecular weight excluding hydrogens is 244 g/mol. The summed E-state index contributed by atoms with van der Waals surface area (Å²) in [6.07, 6.45) is 5.44. The molecule has 0 radical (unpaired) electrons. The van der Waals surface area contributed by atoms with Gasteiger partial charge in [-0.25, -0.2) is 0 Å². The lowest BCUT2D eigenvalue weighted by molar-refractivity contribution is -0.124. The largest absolute Gasteiger partial charge is 0.354 e. The van der Waals surface area contributed by atoms with Gasteiger partial charge >= 0.3 is 0 Å². The van der Waals surface area contributed by atoms with Crippen LogP contribution in [0.1, 0.15) is 47.7 Å². The Kier molecular flexibility index (Phi) is 3.00. The molecule has 1 aliphatic heterocycles. The first-order chi connectivity index (χ1) is 9.16. The molecule has 2 N–H and O–H groups in total. The highest BCUT2D eigenvalue weighted by molar-refractivity contribution is 5.98. The maximum atomic E-state index is 12.3. The van der Waals surface area contributed by atoms with Crippen LogP contribution >= 0.6 is 0 Å². The van der Waals surface area contributed by atoms with Crippen molar-refractivity contribution in [2.24, 2.45) is 7.05 Å². The summed E-state index contributed by atoms with van der Waals surface area (Å²) >= 11 is 0. The topological polar surface area (TPSA) is 76.0 Å². The minimum Gasteiger partial charge on any atom is -0.354 e. The lowest BCUT2D eigenvalue weighted by atomic mass is 10.1. The number of carbonyl (C=O) groups is 2. The number of rotatable bonds is 3. The molecule has 2 amide bonds. The zero-order valence-corrected chi connectivity index (χ0v) is 11.0. The quantitative estimate of drug-likeness (QED) is 0.823. The summed E-state index contributed by atoms with van der Waals surface area (Å²) < 4.78 is 1.77. The summed E-state index contributed by atoms with van der Waals surface area (Å²) in [7, 11) is 1.86. The summed E-state index contributed by atoms with van der Waals surface area (Å²) in [5.74, 6) is 0.182. The average molecular weight is 262 g/mol. The van der Waals surface area contributed by atoms with Crippen molar-refractivity contribution in [3.8, 4) is 0 Å². The van der Waals surface area contributed by atoms with Crippen LogP contribution in [0, 0.1) is 0 Å². The number of nitrogens with zero attached hydrogens (tertiary/aromatic N) is 2. The second-order valence-electron chi connectivity index (χ2n) is 5.30. The molecule has 1 atom stereocenters. The number of aromatic nitrogens is 2. The Balaban J connectivity index is 1.75. The van der Waals surface area contributed by atoms with Gasteiger partial charge in [-0.1, -0.05) is 0 Å². The fourth-order valence-electron chi connectivity index (χ4n) is 2.61. The molecular formula is C13H18N4O2. The zero-order valence-electron chi connectivity index (χ0n) is 11.0. The van der Waals surface area contributed by atoms with Gasteiger partial charge in [0.25, 0.3) is 5.91 Å². The number of amides is 2. The maximum Gasteiger partial charge on any atom is 0.255 e. The van der Waals surface area contributed by atoms with Gasteiger partial charge in [-0.15, -0.1) is 0 Å². The number of carbonyl (C=O) groups excluding carboxylic acids is 2. The summed E-state index contributed by atoms with van der Waals surface area (Å²) in [4.78, 5) is 23.9. The van der Waals surface area contributed by atoms with Gasteiger partial charge in [0.15, 0.2) is 0 Å². The number of piperidine rings is 1. The summed E-state index contributed by atoms with van der Waals surface area (Å²) in [6.45, 7) is 0.700. The van der Waals surface area contributed by atoms with E-state index in [1.54, 1.807) is 10.9 Å². The van der Waals surface area contributed by atoms with Crippen LogP contribution in [0.5, 0.6) is 0 Å². The van der Waals surface area contributed by atoms with E-state index in [9.17, 15) is 9.59 Å². The Labute approximate surface area is 111 Å². The maximum absolute atomic E-state index is 12.3. The van der Waals surface area contributed by atoms with Gasteiger partial charge in [0.2, 0.25) is 5.91 Å². The van der Waals surface area contributed by atoms with E-state index in [0.29, 0.717) is 24.4 Å². The van der Waals surface area contributed by atoms with Crippen LogP contribution in [-0.2, 0) is 11.8 Å². The smallest absolute Gasteiger partial charge is 0.255 e. The highest BCUT2D eigenvalue weighted by atomic mass is 16.2. The third-order valence-electron chi connectivity index (χ3n) is 3.78. The van der Waals surface area contributed by atoms with Crippen molar-refractivity contribution in [2.45, 2.75) is 37.6 Å². The van der Waals surface area contributed by atoms with Crippen molar-refractivity contribution in [1.82, 2.24) is 20.4 Å². The summed E-state index contributed by atoms with van der Waals surface area (Å²) in [5, 5.41) is 9.75. The third-order valence-corrected chi connectivity index (χ3v) is 3.78. The normalized spacial score (nSPS) is 23.0. The van der Waals surface area contributed by atoms with Crippen LogP contribution in [0.25, 0.3) is 0 Å². The van der Waals surface area contributed by atoms with Gasteiger partial charge in [0.05, 0.1) is 17.5 Å². The molecule has 2 aliphatic rings. The first-order valence-corrected chi connectivity index (χ1v) is 6.77. The van der Waals surface area contributed by atoms with E-state index in [0.717, 1.165) is 25.0 Å². The van der Waals surface area contributed by atoms with Crippen molar-refractivity contribution in [2.75, 3.05) is 6.54 Å². The van der Waals surface area contributed by atoms with E-state index in [-0.39, 0.29) is 11.8 Å². The van der Waals surface area contributed by atoms with Gasteiger partial charge in [0.1, 0.15) is 6.04 Å². The Morgan fingerprint density at radius 3 is 2.95 bits per heavy atom. The molecule has 1 aromatic rings. The lowest BCUT2D eigenvalue weighted by Gasteiger charge is -2.22. The van der Waals surface area contributed by atoms with Crippen LogP contribution in [0.2, 0.25) is 0 Å². The lowest BCUT2D eigenvalue weighted by Crippen LogP contribution is -2.50. The van der Waals surface area contributed by atoms with Crippen molar-refractivity contribution in [1.29, 1.82) is 0 Å². The molecule has 19 heavy (non-hydrogen) atoms. The average Bonchev–Trinajstić information content (AvgIpc) is 3.15. The van der Waals surface area contributed by atoms with E-state index >= 15 is 0 Å². The van der Waals surface area contributed by atoms with Crippen LogP contribution in [0.3, 0.4) is 0 Å². The SMILES string of the molecule is Cn1ncc(C(=O)NC2CCCNC2=O)c1C1CC1. The van der Waals surface area contributed by atoms with Crippen molar-refractivity contribution < 1.29 is 9.59 Å². The van der Waals surface area contributed by atoms with E-state index in [2.05, 4.69) is 15.7 Å². The monoisotopic (exact) mass is 262 g/mol. The second-order valence-corrected chi connectivity index (χ2v) is 5.30. The second kappa shape index (κ2) is 4.68. The Morgan fingerprint density at radius 2 is 2.26 bits per heavy atom. The fraction of sp³-hybridized carbons (Fsp3) is 0.615. The number of hydrogen-bond donors (Lipinski definition) is 2. The molecule has 1 saturated carbocycles. The van der Waals surface area contributed by atoms with Crippen LogP contribution < -0.4 is 10.6 Å². The molecule has 102 valence electrons. The van der Waals surface area contributed by atoms with Crippen molar-refractivity contribution in [3.63, 3.8) is 0 Å². The Hall–Kier alpha value is -1.85. The molecule has 3 rings (SSSR count). The van der Waals surface area contributed by atoms with E-state index in [1.165, 1.54) is 0 Å². The van der Waals surface area contributed by atoms with Crippen molar-refractivity contribution >= 4 is 11.8 Å². The van der Waals surface area contributed by atoms with Gasteiger partial charge in [-0.05, 0) is 25.7 Å². The standard InChI is InChI=1S/C13H18N4O2/c1-17-11(8-4-5-8)9(7-15-17)12(18)16-10-3-2-6-14-13(10)19/h7-8,10H,2-6H2,1H3,(H,14,19)(H,16,18). The molecule has 6 nitrogen and oxygen atoms in total. The number of aryl methyl sites for hydroxylation is 1. The number of nitrogens with one attached hydrogen (secondary N) is 2. The molecule has 1 saturated heterocycles. The van der Waals surface area contributed by atoms with Crippen molar-refractivity contribution in [3.05, 3.63) is 17.5 Å². The van der Waals surface area contributed by atoms with E-state index in [4.69, 9.17) is 0 Å². The molecule has 1 aliphatic carbocycles.